The molecular formula is C23H28ClNO3. The van der Waals surface area contributed by atoms with Crippen LogP contribution in [-0.4, -0.2) is 29.4 Å². The van der Waals surface area contributed by atoms with Crippen LogP contribution in [0.25, 0.3) is 0 Å². The van der Waals surface area contributed by atoms with Crippen molar-refractivity contribution in [3.05, 3.63) is 34.9 Å². The van der Waals surface area contributed by atoms with Crippen LogP contribution < -0.4 is 0 Å². The van der Waals surface area contributed by atoms with Crippen LogP contribution in [0.4, 0.5) is 0 Å². The van der Waals surface area contributed by atoms with Crippen LogP contribution in [0.15, 0.2) is 24.3 Å². The number of hydrogen-bond donors (Lipinski definition) is 0. The number of carbonyl (C=O) groups excluding carboxylic acids is 2. The van der Waals surface area contributed by atoms with Crippen LogP contribution in [0.5, 0.6) is 0 Å². The maximum absolute atomic E-state index is 13.6. The zero-order chi connectivity index (χ0) is 19.3. The summed E-state index contributed by atoms with van der Waals surface area (Å²) < 4.78 is 5.58. The summed E-state index contributed by atoms with van der Waals surface area (Å²) in [4.78, 5) is 28.3. The SMILES string of the molecule is O=C(OCc1ccc(Cl)cc1)[C@H]1CCCN1C(=O)C12CC3CC(CC(C3)C1)C2. The van der Waals surface area contributed by atoms with Crippen LogP contribution in [-0.2, 0) is 20.9 Å². The molecular weight excluding hydrogens is 374 g/mol. The molecule has 1 aromatic rings. The van der Waals surface area contributed by atoms with E-state index in [4.69, 9.17) is 16.3 Å². The highest BCUT2D eigenvalue weighted by Crippen LogP contribution is 2.60. The molecule has 4 aliphatic carbocycles. The van der Waals surface area contributed by atoms with Gasteiger partial charge in [-0.05, 0) is 86.8 Å². The largest absolute Gasteiger partial charge is 0.459 e. The van der Waals surface area contributed by atoms with Gasteiger partial charge in [0.1, 0.15) is 12.6 Å². The van der Waals surface area contributed by atoms with Gasteiger partial charge in [0.2, 0.25) is 5.91 Å². The second kappa shape index (κ2) is 7.05. The third-order valence-electron chi connectivity index (χ3n) is 7.57. The van der Waals surface area contributed by atoms with E-state index in [0.717, 1.165) is 55.4 Å². The molecule has 4 saturated carbocycles. The van der Waals surface area contributed by atoms with E-state index >= 15 is 0 Å². The molecule has 1 aliphatic heterocycles. The molecule has 0 unspecified atom stereocenters. The average molecular weight is 402 g/mol. The quantitative estimate of drug-likeness (QED) is 0.693. The smallest absolute Gasteiger partial charge is 0.329 e. The Morgan fingerprint density at radius 2 is 1.64 bits per heavy atom. The second-order valence-corrected chi connectivity index (χ2v) is 10.0. The molecule has 4 bridgehead atoms. The summed E-state index contributed by atoms with van der Waals surface area (Å²) in [7, 11) is 0. The Hall–Kier alpha value is -1.55. The molecule has 1 atom stereocenters. The minimum Gasteiger partial charge on any atom is -0.459 e. The highest BCUT2D eigenvalue weighted by Gasteiger charge is 2.56. The van der Waals surface area contributed by atoms with E-state index in [-0.39, 0.29) is 23.9 Å². The van der Waals surface area contributed by atoms with Crippen molar-refractivity contribution in [1.29, 1.82) is 0 Å². The van der Waals surface area contributed by atoms with E-state index in [1.807, 2.05) is 17.0 Å². The molecule has 0 aromatic heterocycles. The van der Waals surface area contributed by atoms with Crippen molar-refractivity contribution in [1.82, 2.24) is 4.90 Å². The molecule has 28 heavy (non-hydrogen) atoms. The summed E-state index contributed by atoms with van der Waals surface area (Å²) in [5.41, 5.74) is 0.725. The van der Waals surface area contributed by atoms with Crippen molar-refractivity contribution in [3.8, 4) is 0 Å². The van der Waals surface area contributed by atoms with Crippen LogP contribution in [0.2, 0.25) is 5.02 Å². The maximum atomic E-state index is 13.6. The minimum atomic E-state index is -0.409. The topological polar surface area (TPSA) is 46.6 Å². The molecule has 0 radical (unpaired) electrons. The molecule has 5 aliphatic rings. The van der Waals surface area contributed by atoms with Gasteiger partial charge < -0.3 is 9.64 Å². The lowest BCUT2D eigenvalue weighted by atomic mass is 9.49. The summed E-state index contributed by atoms with van der Waals surface area (Å²) in [6, 6.07) is 6.91. The summed E-state index contributed by atoms with van der Waals surface area (Å²) >= 11 is 5.91. The number of amides is 1. The van der Waals surface area contributed by atoms with E-state index in [9.17, 15) is 9.59 Å². The summed E-state index contributed by atoms with van der Waals surface area (Å²) in [5, 5.41) is 0.665. The highest BCUT2D eigenvalue weighted by atomic mass is 35.5. The number of nitrogens with zero attached hydrogens (tertiary/aromatic N) is 1. The number of halogens is 1. The fourth-order valence-corrected chi connectivity index (χ4v) is 6.89. The summed E-state index contributed by atoms with van der Waals surface area (Å²) in [5.74, 6) is 2.18. The Morgan fingerprint density at radius 1 is 1.04 bits per heavy atom. The lowest BCUT2D eigenvalue weighted by Gasteiger charge is -2.56. The lowest BCUT2D eigenvalue weighted by molar-refractivity contribution is -0.166. The molecule has 1 saturated heterocycles. The summed E-state index contributed by atoms with van der Waals surface area (Å²) in [6.45, 7) is 0.924. The van der Waals surface area contributed by atoms with Gasteiger partial charge >= 0.3 is 5.97 Å². The number of rotatable bonds is 4. The number of ether oxygens (including phenoxy) is 1. The standard InChI is InChI=1S/C23H28ClNO3/c24-19-5-3-15(4-6-19)14-28-21(26)20-2-1-7-25(20)22(27)23-11-16-8-17(12-23)10-18(9-16)13-23/h3-6,16-18,20H,1-2,7-14H2/t16?,17?,18?,20-,23?/m1/s1. The molecule has 0 spiro atoms. The average Bonchev–Trinajstić information content (AvgIpc) is 3.15. The maximum Gasteiger partial charge on any atom is 0.329 e. The Kier molecular flexibility index (Phi) is 4.65. The Bertz CT molecular complexity index is 739. The van der Waals surface area contributed by atoms with Gasteiger partial charge in [0.05, 0.1) is 5.41 Å². The predicted octanol–water partition coefficient (Wildman–Crippen LogP) is 4.59. The van der Waals surface area contributed by atoms with Gasteiger partial charge in [-0.25, -0.2) is 4.79 Å². The van der Waals surface area contributed by atoms with Crippen LogP contribution in [0.1, 0.15) is 56.9 Å². The van der Waals surface area contributed by atoms with E-state index < -0.39 is 6.04 Å². The fraction of sp³-hybridized carbons (Fsp3) is 0.652. The van der Waals surface area contributed by atoms with Gasteiger partial charge in [-0.3, -0.25) is 4.79 Å². The number of hydrogen-bond acceptors (Lipinski definition) is 3. The molecule has 1 aromatic carbocycles. The Balaban J connectivity index is 1.26. The number of carbonyl (C=O) groups is 2. The number of likely N-dealkylation sites (tertiary alicyclic amines) is 1. The van der Waals surface area contributed by atoms with Gasteiger partial charge in [0.25, 0.3) is 0 Å². The highest BCUT2D eigenvalue weighted by molar-refractivity contribution is 6.30. The molecule has 0 N–H and O–H groups in total. The molecule has 5 heteroatoms. The van der Waals surface area contributed by atoms with Crippen molar-refractivity contribution < 1.29 is 14.3 Å². The first-order chi connectivity index (χ1) is 13.5. The van der Waals surface area contributed by atoms with E-state index in [0.29, 0.717) is 11.6 Å². The van der Waals surface area contributed by atoms with Crippen LogP contribution in [0.3, 0.4) is 0 Å². The Labute approximate surface area is 171 Å². The van der Waals surface area contributed by atoms with Gasteiger partial charge in [0.15, 0.2) is 0 Å². The molecule has 5 fully saturated rings. The van der Waals surface area contributed by atoms with Crippen LogP contribution >= 0.6 is 11.6 Å². The normalized spacial score (nSPS) is 36.0. The predicted molar refractivity (Wildman–Crippen MR) is 107 cm³/mol. The monoisotopic (exact) mass is 401 g/mol. The van der Waals surface area contributed by atoms with Gasteiger partial charge in [0, 0.05) is 11.6 Å². The van der Waals surface area contributed by atoms with Gasteiger partial charge in [-0.1, -0.05) is 23.7 Å². The van der Waals surface area contributed by atoms with Crippen molar-refractivity contribution in [3.63, 3.8) is 0 Å². The van der Waals surface area contributed by atoms with Gasteiger partial charge in [-0.2, -0.15) is 0 Å². The van der Waals surface area contributed by atoms with E-state index in [1.165, 1.54) is 19.3 Å². The first kappa shape index (κ1) is 18.5. The fourth-order valence-electron chi connectivity index (χ4n) is 6.76. The van der Waals surface area contributed by atoms with Crippen LogP contribution in [0, 0.1) is 23.2 Å². The molecule has 1 heterocycles. The van der Waals surface area contributed by atoms with Gasteiger partial charge in [-0.15, -0.1) is 0 Å². The third kappa shape index (κ3) is 3.24. The van der Waals surface area contributed by atoms with Crippen molar-refractivity contribution in [2.45, 2.75) is 64.0 Å². The van der Waals surface area contributed by atoms with Crippen molar-refractivity contribution in [2.75, 3.05) is 6.54 Å². The summed E-state index contributed by atoms with van der Waals surface area (Å²) in [6.07, 6.45) is 8.69. The molecule has 4 nitrogen and oxygen atoms in total. The van der Waals surface area contributed by atoms with Crippen molar-refractivity contribution >= 4 is 23.5 Å². The first-order valence-corrected chi connectivity index (χ1v) is 11.1. The zero-order valence-electron chi connectivity index (χ0n) is 16.2. The number of benzene rings is 1. The third-order valence-corrected chi connectivity index (χ3v) is 7.82. The lowest BCUT2D eigenvalue weighted by Crippen LogP contribution is -2.56. The zero-order valence-corrected chi connectivity index (χ0v) is 17.0. The molecule has 6 rings (SSSR count). The molecule has 150 valence electrons. The van der Waals surface area contributed by atoms with E-state index in [2.05, 4.69) is 0 Å². The second-order valence-electron chi connectivity index (χ2n) is 9.59. The molecule has 1 amide bonds. The number of esters is 1. The van der Waals surface area contributed by atoms with E-state index in [1.54, 1.807) is 12.1 Å². The minimum absolute atomic E-state index is 0.187. The Morgan fingerprint density at radius 3 is 2.25 bits per heavy atom. The van der Waals surface area contributed by atoms with Crippen molar-refractivity contribution in [2.24, 2.45) is 23.2 Å². The first-order valence-electron chi connectivity index (χ1n) is 10.7.